The predicted molar refractivity (Wildman–Crippen MR) is 91.2 cm³/mol. The molecule has 122 valence electrons. The van der Waals surface area contributed by atoms with Gasteiger partial charge in [0.25, 0.3) is 0 Å². The molecule has 2 aliphatic rings. The van der Waals surface area contributed by atoms with Crippen LogP contribution < -0.4 is 10.5 Å². The van der Waals surface area contributed by atoms with Crippen molar-refractivity contribution in [1.29, 1.82) is 0 Å². The molecule has 1 aliphatic carbocycles. The van der Waals surface area contributed by atoms with E-state index in [4.69, 9.17) is 10.5 Å². The zero-order chi connectivity index (χ0) is 15.5. The number of hydrogen-bond acceptors (Lipinski definition) is 3. The van der Waals surface area contributed by atoms with Crippen molar-refractivity contribution in [3.63, 3.8) is 0 Å². The number of nitrogens with zero attached hydrogens (tertiary/aromatic N) is 1. The fourth-order valence-corrected chi connectivity index (χ4v) is 4.08. The fraction of sp³-hybridized carbons (Fsp3) is 0.684. The Kier molecular flexibility index (Phi) is 5.04. The third-order valence-electron chi connectivity index (χ3n) is 5.69. The minimum absolute atomic E-state index is 0.333. The lowest BCUT2D eigenvalue weighted by Crippen LogP contribution is -2.53. The molecule has 3 nitrogen and oxygen atoms in total. The highest BCUT2D eigenvalue weighted by molar-refractivity contribution is 5.27. The number of hydrogen-bond donors (Lipinski definition) is 1. The molecule has 0 spiro atoms. The molecular formula is C19H30N2O. The normalized spacial score (nSPS) is 28.1. The standard InChI is InChI=1S/C19H30N2O/c1-14(17-4-3-5-17)21-12-16(11-18(20)13-21)10-15-6-8-19(22-2)9-7-15/h6-9,14,16-18H,3-5,10-13,20H2,1-2H3. The summed E-state index contributed by atoms with van der Waals surface area (Å²) in [6, 6.07) is 9.55. The van der Waals surface area contributed by atoms with Crippen molar-refractivity contribution in [3.05, 3.63) is 29.8 Å². The first-order chi connectivity index (χ1) is 10.7. The van der Waals surface area contributed by atoms with E-state index >= 15 is 0 Å². The molecule has 1 aromatic rings. The van der Waals surface area contributed by atoms with Gasteiger partial charge in [-0.3, -0.25) is 4.90 Å². The van der Waals surface area contributed by atoms with Gasteiger partial charge in [-0.2, -0.15) is 0 Å². The van der Waals surface area contributed by atoms with E-state index in [1.54, 1.807) is 7.11 Å². The van der Waals surface area contributed by atoms with Crippen LogP contribution in [0.25, 0.3) is 0 Å². The summed E-state index contributed by atoms with van der Waals surface area (Å²) in [4.78, 5) is 2.66. The maximum absolute atomic E-state index is 6.35. The summed E-state index contributed by atoms with van der Waals surface area (Å²) in [6.45, 7) is 4.69. The summed E-state index contributed by atoms with van der Waals surface area (Å²) in [6.07, 6.45) is 6.53. The molecule has 1 saturated heterocycles. The highest BCUT2D eigenvalue weighted by Crippen LogP contribution is 2.34. The molecule has 2 fully saturated rings. The first kappa shape index (κ1) is 15.8. The summed E-state index contributed by atoms with van der Waals surface area (Å²) in [5.41, 5.74) is 7.75. The van der Waals surface area contributed by atoms with Crippen molar-refractivity contribution in [2.24, 2.45) is 17.6 Å². The van der Waals surface area contributed by atoms with E-state index < -0.39 is 0 Å². The molecule has 0 radical (unpaired) electrons. The van der Waals surface area contributed by atoms with Gasteiger partial charge in [0.1, 0.15) is 5.75 Å². The highest BCUT2D eigenvalue weighted by atomic mass is 16.5. The monoisotopic (exact) mass is 302 g/mol. The highest BCUT2D eigenvalue weighted by Gasteiger charge is 2.33. The summed E-state index contributed by atoms with van der Waals surface area (Å²) >= 11 is 0. The van der Waals surface area contributed by atoms with Crippen LogP contribution in [0, 0.1) is 11.8 Å². The lowest BCUT2D eigenvalue weighted by atomic mass is 9.78. The third-order valence-corrected chi connectivity index (χ3v) is 5.69. The van der Waals surface area contributed by atoms with Crippen molar-refractivity contribution in [1.82, 2.24) is 4.90 Å². The Hall–Kier alpha value is -1.06. The Labute approximate surface area is 134 Å². The molecule has 0 bridgehead atoms. The Morgan fingerprint density at radius 3 is 2.55 bits per heavy atom. The first-order valence-corrected chi connectivity index (χ1v) is 8.78. The summed E-state index contributed by atoms with van der Waals surface area (Å²) in [7, 11) is 1.72. The second-order valence-electron chi connectivity index (χ2n) is 7.30. The van der Waals surface area contributed by atoms with E-state index in [1.165, 1.54) is 31.4 Å². The van der Waals surface area contributed by atoms with Crippen LogP contribution in [-0.2, 0) is 6.42 Å². The molecule has 22 heavy (non-hydrogen) atoms. The maximum Gasteiger partial charge on any atom is 0.118 e. The van der Waals surface area contributed by atoms with Crippen LogP contribution in [-0.4, -0.2) is 37.2 Å². The summed E-state index contributed by atoms with van der Waals surface area (Å²) in [5, 5.41) is 0. The quantitative estimate of drug-likeness (QED) is 0.908. The number of ether oxygens (including phenoxy) is 1. The molecule has 3 atom stereocenters. The van der Waals surface area contributed by atoms with Crippen LogP contribution in [0.15, 0.2) is 24.3 Å². The van der Waals surface area contributed by atoms with Crippen molar-refractivity contribution >= 4 is 0 Å². The van der Waals surface area contributed by atoms with E-state index in [1.807, 2.05) is 0 Å². The molecule has 1 aromatic carbocycles. The van der Waals surface area contributed by atoms with Gasteiger partial charge in [0.2, 0.25) is 0 Å². The first-order valence-electron chi connectivity index (χ1n) is 8.78. The lowest BCUT2D eigenvalue weighted by molar-refractivity contribution is 0.0587. The molecule has 0 amide bonds. The van der Waals surface area contributed by atoms with Crippen LogP contribution in [0.4, 0.5) is 0 Å². The zero-order valence-corrected chi connectivity index (χ0v) is 14.0. The van der Waals surface area contributed by atoms with Crippen LogP contribution in [0.5, 0.6) is 5.75 Å². The van der Waals surface area contributed by atoms with Gasteiger partial charge < -0.3 is 10.5 Å². The van der Waals surface area contributed by atoms with Crippen molar-refractivity contribution in [3.8, 4) is 5.75 Å². The van der Waals surface area contributed by atoms with Gasteiger partial charge in [0, 0.05) is 25.2 Å². The number of nitrogens with two attached hydrogens (primary N) is 1. The summed E-state index contributed by atoms with van der Waals surface area (Å²) in [5.74, 6) is 2.52. The van der Waals surface area contributed by atoms with E-state index in [0.717, 1.165) is 31.1 Å². The number of piperidine rings is 1. The van der Waals surface area contributed by atoms with Crippen LogP contribution in [0.1, 0.15) is 38.2 Å². The predicted octanol–water partition coefficient (Wildman–Crippen LogP) is 3.08. The lowest BCUT2D eigenvalue weighted by Gasteiger charge is -2.45. The smallest absolute Gasteiger partial charge is 0.118 e. The number of methoxy groups -OCH3 is 1. The third kappa shape index (κ3) is 3.64. The van der Waals surface area contributed by atoms with Gasteiger partial charge in [-0.15, -0.1) is 0 Å². The molecule has 1 saturated carbocycles. The average molecular weight is 302 g/mol. The van der Waals surface area contributed by atoms with Gasteiger partial charge in [-0.25, -0.2) is 0 Å². The minimum atomic E-state index is 0.333. The van der Waals surface area contributed by atoms with Gasteiger partial charge in [-0.1, -0.05) is 18.6 Å². The van der Waals surface area contributed by atoms with Gasteiger partial charge >= 0.3 is 0 Å². The largest absolute Gasteiger partial charge is 0.497 e. The fourth-order valence-electron chi connectivity index (χ4n) is 4.08. The summed E-state index contributed by atoms with van der Waals surface area (Å²) < 4.78 is 5.24. The molecule has 2 N–H and O–H groups in total. The topological polar surface area (TPSA) is 38.5 Å². The molecule has 0 aromatic heterocycles. The Bertz CT molecular complexity index is 469. The van der Waals surface area contributed by atoms with Gasteiger partial charge in [0.05, 0.1) is 7.11 Å². The second-order valence-corrected chi connectivity index (χ2v) is 7.30. The van der Waals surface area contributed by atoms with Gasteiger partial charge in [-0.05, 0) is 62.1 Å². The number of likely N-dealkylation sites (tertiary alicyclic amines) is 1. The van der Waals surface area contributed by atoms with Crippen LogP contribution in [0.3, 0.4) is 0 Å². The van der Waals surface area contributed by atoms with Crippen molar-refractivity contribution in [2.45, 2.75) is 51.1 Å². The molecule has 1 aliphatic heterocycles. The Morgan fingerprint density at radius 2 is 1.95 bits per heavy atom. The molecule has 3 heteroatoms. The van der Waals surface area contributed by atoms with E-state index in [9.17, 15) is 0 Å². The van der Waals surface area contributed by atoms with E-state index in [-0.39, 0.29) is 0 Å². The minimum Gasteiger partial charge on any atom is -0.497 e. The van der Waals surface area contributed by atoms with Crippen molar-refractivity contribution < 1.29 is 4.74 Å². The van der Waals surface area contributed by atoms with Crippen LogP contribution >= 0.6 is 0 Å². The molecular weight excluding hydrogens is 272 g/mol. The zero-order valence-electron chi connectivity index (χ0n) is 14.0. The molecule has 3 rings (SSSR count). The average Bonchev–Trinajstić information content (AvgIpc) is 2.45. The SMILES string of the molecule is COc1ccc(CC2CC(N)CN(C(C)C3CCC3)C2)cc1. The Morgan fingerprint density at radius 1 is 1.23 bits per heavy atom. The molecule has 1 heterocycles. The van der Waals surface area contributed by atoms with Crippen molar-refractivity contribution in [2.75, 3.05) is 20.2 Å². The number of rotatable bonds is 5. The second kappa shape index (κ2) is 7.01. The van der Waals surface area contributed by atoms with E-state index in [2.05, 4.69) is 36.1 Å². The van der Waals surface area contributed by atoms with E-state index in [0.29, 0.717) is 18.0 Å². The molecule has 3 unspecified atom stereocenters. The maximum atomic E-state index is 6.35. The Balaban J connectivity index is 1.59. The number of benzene rings is 1. The van der Waals surface area contributed by atoms with Crippen LogP contribution in [0.2, 0.25) is 0 Å². The van der Waals surface area contributed by atoms with Gasteiger partial charge in [0.15, 0.2) is 0 Å².